The fraction of sp³-hybridized carbons (Fsp3) is 0.667. The molecule has 1 heterocycles. The quantitative estimate of drug-likeness (QED) is 0.807. The minimum atomic E-state index is -4.45. The van der Waals surface area contributed by atoms with E-state index in [0.29, 0.717) is 11.1 Å². The highest BCUT2D eigenvalue weighted by atomic mass is 35.5. The third-order valence-electron chi connectivity index (χ3n) is 2.15. The highest BCUT2D eigenvalue weighted by Gasteiger charge is 2.29. The molecule has 0 amide bonds. The first-order valence-electron chi connectivity index (χ1n) is 5.44. The van der Waals surface area contributed by atoms with Crippen LogP contribution in [0.3, 0.4) is 0 Å². The van der Waals surface area contributed by atoms with Crippen molar-refractivity contribution in [3.8, 4) is 0 Å². The van der Waals surface area contributed by atoms with Crippen LogP contribution in [0.4, 0.5) is 13.2 Å². The van der Waals surface area contributed by atoms with Gasteiger partial charge in [-0.25, -0.2) is 13.1 Å². The monoisotopic (exact) mass is 336 g/mol. The third kappa shape index (κ3) is 6.55. The van der Waals surface area contributed by atoms with Gasteiger partial charge in [-0.3, -0.25) is 4.68 Å². The van der Waals surface area contributed by atoms with E-state index in [1.54, 1.807) is 6.92 Å². The van der Waals surface area contributed by atoms with E-state index in [-0.39, 0.29) is 29.9 Å². The summed E-state index contributed by atoms with van der Waals surface area (Å²) in [6, 6.07) is -0.171. The Hall–Kier alpha value is -0.840. The zero-order valence-corrected chi connectivity index (χ0v) is 12.2. The molecule has 0 aromatic carbocycles. The van der Waals surface area contributed by atoms with Crippen LogP contribution in [0.15, 0.2) is 17.3 Å². The average molecular weight is 337 g/mol. The second-order valence-electron chi connectivity index (χ2n) is 4.15. The molecule has 1 rings (SSSR count). The summed E-state index contributed by atoms with van der Waals surface area (Å²) in [7, 11) is -3.85. The largest absolute Gasteiger partial charge is 0.408 e. The number of aromatic nitrogens is 2. The number of nitrogens with two attached hydrogens (primary N) is 1. The molecule has 0 bridgehead atoms. The van der Waals surface area contributed by atoms with Crippen LogP contribution in [0.1, 0.15) is 13.3 Å². The van der Waals surface area contributed by atoms with Gasteiger partial charge < -0.3 is 5.73 Å². The Balaban J connectivity index is 0.00000361. The van der Waals surface area contributed by atoms with Gasteiger partial charge in [-0.05, 0) is 13.3 Å². The van der Waals surface area contributed by atoms with Crippen LogP contribution in [0.25, 0.3) is 0 Å². The highest BCUT2D eigenvalue weighted by Crippen LogP contribution is 2.18. The van der Waals surface area contributed by atoms with Gasteiger partial charge >= 0.3 is 6.18 Å². The standard InChI is InChI=1S/C9H15F3N4O2S.ClH/c1-7(13)2-3-15-19(17,18)8-4-14-16(5-8)6-9(10,11)12;/h4-5,7,15H,2-3,6,13H2,1H3;1H. The van der Waals surface area contributed by atoms with Crippen molar-refractivity contribution in [3.63, 3.8) is 0 Å². The van der Waals surface area contributed by atoms with Crippen molar-refractivity contribution in [2.24, 2.45) is 5.73 Å². The van der Waals surface area contributed by atoms with Crippen molar-refractivity contribution in [3.05, 3.63) is 12.4 Å². The first kappa shape index (κ1) is 19.2. The number of nitrogens with one attached hydrogen (secondary N) is 1. The topological polar surface area (TPSA) is 90.0 Å². The van der Waals surface area contributed by atoms with Crippen LogP contribution in [0.2, 0.25) is 0 Å². The number of sulfonamides is 1. The molecule has 0 fully saturated rings. The summed E-state index contributed by atoms with van der Waals surface area (Å²) in [5, 5.41) is 3.36. The minimum absolute atomic E-state index is 0. The fourth-order valence-electron chi connectivity index (χ4n) is 1.26. The zero-order valence-electron chi connectivity index (χ0n) is 10.6. The number of hydrogen-bond acceptors (Lipinski definition) is 4. The molecule has 1 unspecified atom stereocenters. The first-order valence-corrected chi connectivity index (χ1v) is 6.93. The molecule has 0 saturated carbocycles. The summed E-state index contributed by atoms with van der Waals surface area (Å²) < 4.78 is 62.5. The Kier molecular flexibility index (Phi) is 6.94. The molecule has 0 aliphatic carbocycles. The van der Waals surface area contributed by atoms with E-state index >= 15 is 0 Å². The van der Waals surface area contributed by atoms with Crippen molar-refractivity contribution in [2.45, 2.75) is 37.0 Å². The van der Waals surface area contributed by atoms with Gasteiger partial charge in [0.1, 0.15) is 11.4 Å². The Morgan fingerprint density at radius 2 is 2.10 bits per heavy atom. The minimum Gasteiger partial charge on any atom is -0.328 e. The predicted octanol–water partition coefficient (Wildman–Crippen LogP) is 0.883. The lowest BCUT2D eigenvalue weighted by molar-refractivity contribution is -0.142. The Bertz CT molecular complexity index is 516. The summed E-state index contributed by atoms with van der Waals surface area (Å²) in [5.74, 6) is 0. The maximum absolute atomic E-state index is 12.1. The Morgan fingerprint density at radius 3 is 2.60 bits per heavy atom. The number of hydrogen-bond donors (Lipinski definition) is 2. The van der Waals surface area contributed by atoms with Crippen LogP contribution >= 0.6 is 12.4 Å². The van der Waals surface area contributed by atoms with Gasteiger partial charge in [0.05, 0.1) is 6.20 Å². The molecule has 1 aromatic heterocycles. The predicted molar refractivity (Wildman–Crippen MR) is 69.0 cm³/mol. The SMILES string of the molecule is CC(N)CCNS(=O)(=O)c1cnn(CC(F)(F)F)c1.Cl. The maximum Gasteiger partial charge on any atom is 0.408 e. The molecule has 3 N–H and O–H groups in total. The average Bonchev–Trinajstić information content (AvgIpc) is 2.62. The van der Waals surface area contributed by atoms with E-state index in [1.165, 1.54) is 0 Å². The van der Waals surface area contributed by atoms with Crippen LogP contribution in [0, 0.1) is 0 Å². The van der Waals surface area contributed by atoms with Crippen LogP contribution in [-0.2, 0) is 16.6 Å². The van der Waals surface area contributed by atoms with E-state index < -0.39 is 22.7 Å². The maximum atomic E-state index is 12.1. The summed E-state index contributed by atoms with van der Waals surface area (Å²) in [6.07, 6.45) is -2.31. The lowest BCUT2D eigenvalue weighted by Crippen LogP contribution is -2.28. The van der Waals surface area contributed by atoms with Gasteiger partial charge in [-0.2, -0.15) is 18.3 Å². The van der Waals surface area contributed by atoms with Gasteiger partial charge in [0.2, 0.25) is 10.0 Å². The van der Waals surface area contributed by atoms with Crippen molar-refractivity contribution >= 4 is 22.4 Å². The Labute approximate surface area is 121 Å². The van der Waals surface area contributed by atoms with Gasteiger partial charge in [0.15, 0.2) is 0 Å². The summed E-state index contributed by atoms with van der Waals surface area (Å²) in [6.45, 7) is 0.502. The molecular weight excluding hydrogens is 321 g/mol. The first-order chi connectivity index (χ1) is 8.60. The number of halogens is 4. The van der Waals surface area contributed by atoms with Crippen LogP contribution in [0.5, 0.6) is 0 Å². The van der Waals surface area contributed by atoms with E-state index in [9.17, 15) is 21.6 Å². The molecular formula is C9H16ClF3N4O2S. The molecule has 118 valence electrons. The normalized spacial score (nSPS) is 13.8. The molecule has 0 aliphatic heterocycles. The second-order valence-corrected chi connectivity index (χ2v) is 5.92. The lowest BCUT2D eigenvalue weighted by Gasteiger charge is -2.07. The molecule has 20 heavy (non-hydrogen) atoms. The molecule has 0 aliphatic rings. The molecule has 6 nitrogen and oxygen atoms in total. The van der Waals surface area contributed by atoms with Crippen molar-refractivity contribution in [1.82, 2.24) is 14.5 Å². The second kappa shape index (κ2) is 7.25. The van der Waals surface area contributed by atoms with E-state index in [0.717, 1.165) is 12.4 Å². The van der Waals surface area contributed by atoms with E-state index in [1.807, 2.05) is 0 Å². The molecule has 1 aromatic rings. The molecule has 1 atom stereocenters. The highest BCUT2D eigenvalue weighted by molar-refractivity contribution is 7.89. The van der Waals surface area contributed by atoms with Gasteiger partial charge in [-0.1, -0.05) is 0 Å². The number of rotatable bonds is 6. The van der Waals surface area contributed by atoms with Crippen molar-refractivity contribution < 1.29 is 21.6 Å². The lowest BCUT2D eigenvalue weighted by atomic mass is 10.3. The fourth-order valence-corrected chi connectivity index (χ4v) is 2.26. The van der Waals surface area contributed by atoms with Crippen LogP contribution in [-0.4, -0.2) is 37.0 Å². The van der Waals surface area contributed by atoms with E-state index in [2.05, 4.69) is 9.82 Å². The molecule has 11 heteroatoms. The smallest absolute Gasteiger partial charge is 0.328 e. The molecule has 0 spiro atoms. The van der Waals surface area contributed by atoms with Crippen LogP contribution < -0.4 is 10.5 Å². The number of alkyl halides is 3. The Morgan fingerprint density at radius 1 is 1.50 bits per heavy atom. The summed E-state index contributed by atoms with van der Waals surface area (Å²) in [5.41, 5.74) is 5.46. The van der Waals surface area contributed by atoms with Gasteiger partial charge in [0, 0.05) is 18.8 Å². The van der Waals surface area contributed by atoms with Crippen molar-refractivity contribution in [1.29, 1.82) is 0 Å². The molecule has 0 saturated heterocycles. The molecule has 0 radical (unpaired) electrons. The van der Waals surface area contributed by atoms with E-state index in [4.69, 9.17) is 5.73 Å². The third-order valence-corrected chi connectivity index (χ3v) is 3.57. The zero-order chi connectivity index (χ0) is 14.7. The summed E-state index contributed by atoms with van der Waals surface area (Å²) >= 11 is 0. The van der Waals surface area contributed by atoms with Gasteiger partial charge in [0.25, 0.3) is 0 Å². The summed E-state index contributed by atoms with van der Waals surface area (Å²) in [4.78, 5) is -0.304. The number of nitrogens with zero attached hydrogens (tertiary/aromatic N) is 2. The van der Waals surface area contributed by atoms with Gasteiger partial charge in [-0.15, -0.1) is 12.4 Å². The van der Waals surface area contributed by atoms with Crippen molar-refractivity contribution in [2.75, 3.05) is 6.54 Å².